The van der Waals surface area contributed by atoms with E-state index in [1.165, 1.54) is 12.1 Å². The van der Waals surface area contributed by atoms with E-state index in [2.05, 4.69) is 0 Å². The van der Waals surface area contributed by atoms with Crippen LogP contribution >= 0.6 is 23.2 Å². The van der Waals surface area contributed by atoms with Crippen molar-refractivity contribution in [2.45, 2.75) is 25.9 Å². The Kier molecular flexibility index (Phi) is 4.85. The summed E-state index contributed by atoms with van der Waals surface area (Å²) in [4.78, 5) is 11.8. The molecule has 3 N–H and O–H groups in total. The largest absolute Gasteiger partial charge is 0.462 e. The Balaban J connectivity index is 2.73. The zero-order valence-corrected chi connectivity index (χ0v) is 11.7. The summed E-state index contributed by atoms with van der Waals surface area (Å²) in [6, 6.07) is 2.86. The lowest BCUT2D eigenvalue weighted by Gasteiger charge is -2.16. The van der Waals surface area contributed by atoms with Crippen LogP contribution in [0.25, 0.3) is 0 Å². The highest BCUT2D eigenvalue weighted by Gasteiger charge is 2.18. The Labute approximate surface area is 116 Å². The first kappa shape index (κ1) is 15.1. The van der Waals surface area contributed by atoms with Crippen LogP contribution < -0.4 is 5.73 Å². The molecule has 0 unspecified atom stereocenters. The lowest BCUT2D eigenvalue weighted by molar-refractivity contribution is 0.0244. The van der Waals surface area contributed by atoms with Crippen molar-refractivity contribution in [3.63, 3.8) is 0 Å². The molecule has 0 aliphatic heterocycles. The third kappa shape index (κ3) is 4.37. The molecule has 0 heterocycles. The van der Waals surface area contributed by atoms with Gasteiger partial charge >= 0.3 is 5.97 Å². The van der Waals surface area contributed by atoms with Gasteiger partial charge in [-0.3, -0.25) is 0 Å². The van der Waals surface area contributed by atoms with Gasteiger partial charge < -0.3 is 15.6 Å². The van der Waals surface area contributed by atoms with Crippen LogP contribution in [0.5, 0.6) is 0 Å². The second-order valence-corrected chi connectivity index (χ2v) is 5.35. The van der Waals surface area contributed by atoms with E-state index in [0.717, 1.165) is 0 Å². The number of hydrogen-bond acceptors (Lipinski definition) is 4. The molecule has 0 atom stereocenters. The fourth-order valence-corrected chi connectivity index (χ4v) is 1.64. The number of anilines is 1. The van der Waals surface area contributed by atoms with Crippen molar-refractivity contribution in [2.24, 2.45) is 0 Å². The molecule has 1 aromatic carbocycles. The van der Waals surface area contributed by atoms with Gasteiger partial charge in [0.1, 0.15) is 0 Å². The molecule has 18 heavy (non-hydrogen) atoms. The Bertz CT molecular complexity index is 455. The normalized spacial score (nSPS) is 11.4. The van der Waals surface area contributed by atoms with E-state index < -0.39 is 11.6 Å². The number of nitrogen functional groups attached to an aromatic ring is 1. The molecule has 0 aliphatic carbocycles. The van der Waals surface area contributed by atoms with E-state index in [-0.39, 0.29) is 22.2 Å². The third-order valence-electron chi connectivity index (χ3n) is 2.22. The minimum Gasteiger partial charge on any atom is -0.462 e. The first-order valence-corrected chi connectivity index (χ1v) is 6.10. The standard InChI is InChI=1S/C12H15Cl2NO3/c1-12(2,17)3-4-18-11(16)8-5-7(15)6-9(13)10(8)14/h5-6,17H,3-4,15H2,1-2H3. The number of aliphatic hydroxyl groups is 1. The van der Waals surface area contributed by atoms with Gasteiger partial charge in [0.15, 0.2) is 0 Å². The molecule has 0 spiro atoms. The lowest BCUT2D eigenvalue weighted by atomic mass is 10.1. The van der Waals surface area contributed by atoms with Crippen molar-refractivity contribution in [1.82, 2.24) is 0 Å². The lowest BCUT2D eigenvalue weighted by Crippen LogP contribution is -2.22. The maximum atomic E-state index is 11.8. The van der Waals surface area contributed by atoms with Crippen molar-refractivity contribution in [2.75, 3.05) is 12.3 Å². The van der Waals surface area contributed by atoms with Crippen LogP contribution in [0.2, 0.25) is 10.0 Å². The van der Waals surface area contributed by atoms with E-state index in [4.69, 9.17) is 33.7 Å². The smallest absolute Gasteiger partial charge is 0.339 e. The van der Waals surface area contributed by atoms with E-state index in [0.29, 0.717) is 12.1 Å². The summed E-state index contributed by atoms with van der Waals surface area (Å²) < 4.78 is 5.00. The Morgan fingerprint density at radius 2 is 2.06 bits per heavy atom. The molecule has 6 heteroatoms. The number of halogens is 2. The zero-order valence-electron chi connectivity index (χ0n) is 10.2. The maximum Gasteiger partial charge on any atom is 0.339 e. The van der Waals surface area contributed by atoms with Crippen molar-refractivity contribution < 1.29 is 14.6 Å². The van der Waals surface area contributed by atoms with Crippen LogP contribution in [0.3, 0.4) is 0 Å². The molecular weight excluding hydrogens is 277 g/mol. The molecular formula is C12H15Cl2NO3. The average Bonchev–Trinajstić information content (AvgIpc) is 2.21. The Morgan fingerprint density at radius 3 is 2.61 bits per heavy atom. The molecule has 100 valence electrons. The van der Waals surface area contributed by atoms with Crippen molar-refractivity contribution in [1.29, 1.82) is 0 Å². The van der Waals surface area contributed by atoms with Gasteiger partial charge in [0.05, 0.1) is 27.8 Å². The summed E-state index contributed by atoms with van der Waals surface area (Å²) in [5, 5.41) is 9.80. The molecule has 0 saturated carbocycles. The quantitative estimate of drug-likeness (QED) is 0.661. The van der Waals surface area contributed by atoms with E-state index in [1.807, 2.05) is 0 Å². The number of carbonyl (C=O) groups is 1. The number of esters is 1. The summed E-state index contributed by atoms with van der Waals surface area (Å²) in [5.74, 6) is -0.613. The third-order valence-corrected chi connectivity index (χ3v) is 3.02. The zero-order chi connectivity index (χ0) is 13.9. The van der Waals surface area contributed by atoms with Crippen LogP contribution in [-0.4, -0.2) is 23.3 Å². The van der Waals surface area contributed by atoms with Crippen LogP contribution in [-0.2, 0) is 4.74 Å². The molecule has 0 amide bonds. The van der Waals surface area contributed by atoms with Gasteiger partial charge in [-0.2, -0.15) is 0 Å². The summed E-state index contributed by atoms with van der Waals surface area (Å²) in [6.45, 7) is 3.35. The molecule has 0 fully saturated rings. The average molecular weight is 292 g/mol. The predicted octanol–water partition coefficient (Wildman–Crippen LogP) is 2.89. The van der Waals surface area contributed by atoms with Crippen molar-refractivity contribution in [3.05, 3.63) is 27.7 Å². The topological polar surface area (TPSA) is 72.5 Å². The van der Waals surface area contributed by atoms with Gasteiger partial charge in [0.2, 0.25) is 0 Å². The Hall–Kier alpha value is -0.970. The fraction of sp³-hybridized carbons (Fsp3) is 0.417. The van der Waals surface area contributed by atoms with Gasteiger partial charge in [-0.25, -0.2) is 4.79 Å². The second-order valence-electron chi connectivity index (χ2n) is 4.56. The molecule has 0 aliphatic rings. The highest BCUT2D eigenvalue weighted by atomic mass is 35.5. The predicted molar refractivity (Wildman–Crippen MR) is 72.1 cm³/mol. The van der Waals surface area contributed by atoms with Gasteiger partial charge in [-0.15, -0.1) is 0 Å². The maximum absolute atomic E-state index is 11.8. The number of hydrogen-bond donors (Lipinski definition) is 2. The Morgan fingerprint density at radius 1 is 1.44 bits per heavy atom. The first-order valence-electron chi connectivity index (χ1n) is 5.35. The van der Waals surface area contributed by atoms with Crippen LogP contribution in [0.15, 0.2) is 12.1 Å². The number of benzene rings is 1. The molecule has 0 aromatic heterocycles. The highest BCUT2D eigenvalue weighted by Crippen LogP contribution is 2.29. The molecule has 4 nitrogen and oxygen atoms in total. The summed E-state index contributed by atoms with van der Waals surface area (Å²) in [6.07, 6.45) is 0.326. The minimum atomic E-state index is -0.891. The number of ether oxygens (including phenoxy) is 1. The number of nitrogens with two attached hydrogens (primary N) is 1. The van der Waals surface area contributed by atoms with Crippen LogP contribution in [0, 0.1) is 0 Å². The van der Waals surface area contributed by atoms with Gasteiger partial charge in [0.25, 0.3) is 0 Å². The van der Waals surface area contributed by atoms with Gasteiger partial charge in [0, 0.05) is 12.1 Å². The van der Waals surface area contributed by atoms with Crippen molar-refractivity contribution in [3.8, 4) is 0 Å². The molecule has 0 radical (unpaired) electrons. The van der Waals surface area contributed by atoms with E-state index in [9.17, 15) is 9.90 Å². The van der Waals surface area contributed by atoms with Gasteiger partial charge in [-0.1, -0.05) is 23.2 Å². The number of carbonyl (C=O) groups excluding carboxylic acids is 1. The SMILES string of the molecule is CC(C)(O)CCOC(=O)c1cc(N)cc(Cl)c1Cl. The fourth-order valence-electron chi connectivity index (χ4n) is 1.23. The van der Waals surface area contributed by atoms with Crippen molar-refractivity contribution >= 4 is 34.9 Å². The van der Waals surface area contributed by atoms with Gasteiger partial charge in [-0.05, 0) is 26.0 Å². The molecule has 1 aromatic rings. The van der Waals surface area contributed by atoms with Crippen LogP contribution in [0.4, 0.5) is 5.69 Å². The molecule has 0 bridgehead atoms. The summed E-state index contributed by atoms with van der Waals surface area (Å²) in [7, 11) is 0. The summed E-state index contributed by atoms with van der Waals surface area (Å²) in [5.41, 5.74) is 5.14. The van der Waals surface area contributed by atoms with E-state index >= 15 is 0 Å². The molecule has 0 saturated heterocycles. The number of rotatable bonds is 4. The molecule has 1 rings (SSSR count). The first-order chi connectivity index (χ1) is 8.20. The second kappa shape index (κ2) is 5.78. The summed E-state index contributed by atoms with van der Waals surface area (Å²) >= 11 is 11.7. The monoisotopic (exact) mass is 291 g/mol. The van der Waals surface area contributed by atoms with Crippen LogP contribution in [0.1, 0.15) is 30.6 Å². The minimum absolute atomic E-state index is 0.0884. The van der Waals surface area contributed by atoms with E-state index in [1.54, 1.807) is 13.8 Å². The highest BCUT2D eigenvalue weighted by molar-refractivity contribution is 6.44.